The van der Waals surface area contributed by atoms with Crippen LogP contribution in [0.3, 0.4) is 0 Å². The van der Waals surface area contributed by atoms with Crippen molar-refractivity contribution in [3.05, 3.63) is 47.2 Å². The maximum absolute atomic E-state index is 12.3. The van der Waals surface area contributed by atoms with E-state index in [1.165, 1.54) is 5.69 Å². The van der Waals surface area contributed by atoms with Crippen LogP contribution in [-0.2, 0) is 10.3 Å². The number of benzene rings is 1. The summed E-state index contributed by atoms with van der Waals surface area (Å²) >= 11 is 6.20. The van der Waals surface area contributed by atoms with E-state index in [9.17, 15) is 4.79 Å². The lowest BCUT2D eigenvalue weighted by Gasteiger charge is -2.46. The number of amides is 1. The van der Waals surface area contributed by atoms with E-state index in [-0.39, 0.29) is 5.54 Å². The molecule has 132 valence electrons. The summed E-state index contributed by atoms with van der Waals surface area (Å²) in [5.74, 6) is 0.301. The molecule has 1 fully saturated rings. The predicted molar refractivity (Wildman–Crippen MR) is 101 cm³/mol. The Morgan fingerprint density at radius 1 is 1.28 bits per heavy atom. The first-order valence-electron chi connectivity index (χ1n) is 9.17. The highest BCUT2D eigenvalue weighted by Gasteiger charge is 2.42. The standard InChI is InChI=1S/C20H24ClN3O/c1-2-3-6-19(25)23-12-9-20(10-13-23)18-5-4-11-24(18)17-14-15(21)7-8-16(17)22-20/h4-5,7-8,11,14,22H,2-3,6,9-10,12-13H2,1H3. The molecule has 2 aliphatic rings. The average molecular weight is 358 g/mol. The van der Waals surface area contributed by atoms with Gasteiger partial charge in [-0.15, -0.1) is 0 Å². The molecule has 1 aromatic carbocycles. The molecule has 2 aromatic rings. The van der Waals surface area contributed by atoms with Gasteiger partial charge in [-0.3, -0.25) is 4.79 Å². The lowest BCUT2D eigenvalue weighted by molar-refractivity contribution is -0.132. The molecule has 3 heterocycles. The zero-order chi connectivity index (χ0) is 17.4. The Hall–Kier alpha value is -1.94. The third kappa shape index (κ3) is 2.82. The fourth-order valence-corrected chi connectivity index (χ4v) is 4.28. The van der Waals surface area contributed by atoms with Crippen LogP contribution in [0.15, 0.2) is 36.5 Å². The molecule has 0 bridgehead atoms. The number of piperidine rings is 1. The Labute approximate surface area is 153 Å². The Kier molecular flexibility index (Phi) is 4.24. The Balaban J connectivity index is 1.59. The number of carbonyl (C=O) groups is 1. The normalized spacial score (nSPS) is 17.8. The molecular formula is C20H24ClN3O. The Morgan fingerprint density at radius 2 is 2.08 bits per heavy atom. The van der Waals surface area contributed by atoms with Crippen LogP contribution < -0.4 is 5.32 Å². The van der Waals surface area contributed by atoms with E-state index in [1.807, 2.05) is 17.0 Å². The van der Waals surface area contributed by atoms with E-state index in [1.54, 1.807) is 0 Å². The highest BCUT2D eigenvalue weighted by Crippen LogP contribution is 2.44. The molecule has 0 saturated carbocycles. The molecular weight excluding hydrogens is 334 g/mol. The fourth-order valence-electron chi connectivity index (χ4n) is 4.12. The second kappa shape index (κ2) is 6.41. The number of halogens is 1. The minimum Gasteiger partial charge on any atom is -0.372 e. The fraction of sp³-hybridized carbons (Fsp3) is 0.450. The zero-order valence-corrected chi connectivity index (χ0v) is 15.4. The van der Waals surface area contributed by atoms with Gasteiger partial charge in [0, 0.05) is 36.4 Å². The monoisotopic (exact) mass is 357 g/mol. The van der Waals surface area contributed by atoms with Gasteiger partial charge in [-0.05, 0) is 49.6 Å². The summed E-state index contributed by atoms with van der Waals surface area (Å²) in [6.45, 7) is 3.75. The molecule has 0 aliphatic carbocycles. The van der Waals surface area contributed by atoms with Crippen molar-refractivity contribution in [1.29, 1.82) is 0 Å². The topological polar surface area (TPSA) is 37.3 Å². The van der Waals surface area contributed by atoms with Gasteiger partial charge in [0.1, 0.15) is 0 Å². The summed E-state index contributed by atoms with van der Waals surface area (Å²) in [4.78, 5) is 14.4. The summed E-state index contributed by atoms with van der Waals surface area (Å²) < 4.78 is 2.24. The molecule has 25 heavy (non-hydrogen) atoms. The summed E-state index contributed by atoms with van der Waals surface area (Å²) in [7, 11) is 0. The largest absolute Gasteiger partial charge is 0.372 e. The SMILES string of the molecule is CCCCC(=O)N1CCC2(CC1)Nc1ccc(Cl)cc1-n1cccc12. The number of anilines is 1. The zero-order valence-electron chi connectivity index (χ0n) is 14.6. The molecule has 1 amide bonds. The summed E-state index contributed by atoms with van der Waals surface area (Å²) in [5, 5.41) is 4.51. The van der Waals surface area contributed by atoms with Crippen molar-refractivity contribution in [3.63, 3.8) is 0 Å². The van der Waals surface area contributed by atoms with Crippen LogP contribution in [0, 0.1) is 0 Å². The molecule has 0 radical (unpaired) electrons. The summed E-state index contributed by atoms with van der Waals surface area (Å²) in [6, 6.07) is 10.3. The maximum atomic E-state index is 12.3. The third-order valence-electron chi connectivity index (χ3n) is 5.55. The van der Waals surface area contributed by atoms with Gasteiger partial charge in [0.2, 0.25) is 5.91 Å². The van der Waals surface area contributed by atoms with Crippen molar-refractivity contribution in [2.45, 2.75) is 44.6 Å². The molecule has 1 aromatic heterocycles. The number of aromatic nitrogens is 1. The van der Waals surface area contributed by atoms with Gasteiger partial charge < -0.3 is 14.8 Å². The number of fused-ring (bicyclic) bond motifs is 4. The van der Waals surface area contributed by atoms with Gasteiger partial charge in [-0.1, -0.05) is 24.9 Å². The molecule has 1 saturated heterocycles. The van der Waals surface area contributed by atoms with Crippen molar-refractivity contribution < 1.29 is 4.79 Å². The minimum atomic E-state index is -0.105. The van der Waals surface area contributed by atoms with Gasteiger partial charge in [0.25, 0.3) is 0 Å². The highest BCUT2D eigenvalue weighted by molar-refractivity contribution is 6.30. The van der Waals surface area contributed by atoms with Crippen LogP contribution in [0.25, 0.3) is 5.69 Å². The number of nitrogens with zero attached hydrogens (tertiary/aromatic N) is 2. The first-order chi connectivity index (χ1) is 12.1. The van der Waals surface area contributed by atoms with E-state index in [0.717, 1.165) is 55.2 Å². The Morgan fingerprint density at radius 3 is 2.84 bits per heavy atom. The van der Waals surface area contributed by atoms with Gasteiger partial charge in [0.15, 0.2) is 0 Å². The number of hydrogen-bond donors (Lipinski definition) is 1. The van der Waals surface area contributed by atoms with Crippen LogP contribution in [0.2, 0.25) is 5.02 Å². The lowest BCUT2D eigenvalue weighted by Crippen LogP contribution is -2.51. The van der Waals surface area contributed by atoms with Crippen molar-refractivity contribution in [2.75, 3.05) is 18.4 Å². The van der Waals surface area contributed by atoms with E-state index < -0.39 is 0 Å². The van der Waals surface area contributed by atoms with E-state index in [0.29, 0.717) is 12.3 Å². The minimum absolute atomic E-state index is 0.105. The van der Waals surface area contributed by atoms with E-state index in [2.05, 4.69) is 41.2 Å². The Bertz CT molecular complexity index is 790. The van der Waals surface area contributed by atoms with Crippen molar-refractivity contribution in [2.24, 2.45) is 0 Å². The maximum Gasteiger partial charge on any atom is 0.222 e. The lowest BCUT2D eigenvalue weighted by atomic mass is 9.82. The van der Waals surface area contributed by atoms with E-state index >= 15 is 0 Å². The quantitative estimate of drug-likeness (QED) is 0.874. The molecule has 4 rings (SSSR count). The second-order valence-electron chi connectivity index (χ2n) is 7.12. The molecule has 0 unspecified atom stereocenters. The molecule has 5 heteroatoms. The smallest absolute Gasteiger partial charge is 0.222 e. The summed E-state index contributed by atoms with van der Waals surface area (Å²) in [5.41, 5.74) is 3.37. The van der Waals surface area contributed by atoms with Gasteiger partial charge >= 0.3 is 0 Å². The molecule has 4 nitrogen and oxygen atoms in total. The van der Waals surface area contributed by atoms with Crippen LogP contribution in [0.1, 0.15) is 44.7 Å². The molecule has 1 spiro atoms. The first kappa shape index (κ1) is 16.5. The van der Waals surface area contributed by atoms with Crippen molar-refractivity contribution in [3.8, 4) is 5.69 Å². The van der Waals surface area contributed by atoms with Gasteiger partial charge in [-0.25, -0.2) is 0 Å². The number of carbonyl (C=O) groups excluding carboxylic acids is 1. The first-order valence-corrected chi connectivity index (χ1v) is 9.54. The van der Waals surface area contributed by atoms with Gasteiger partial charge in [-0.2, -0.15) is 0 Å². The summed E-state index contributed by atoms with van der Waals surface area (Å²) in [6.07, 6.45) is 6.68. The second-order valence-corrected chi connectivity index (χ2v) is 7.55. The van der Waals surface area contributed by atoms with Gasteiger partial charge in [0.05, 0.1) is 16.9 Å². The van der Waals surface area contributed by atoms with Crippen molar-refractivity contribution in [1.82, 2.24) is 9.47 Å². The van der Waals surface area contributed by atoms with Crippen LogP contribution in [0.4, 0.5) is 5.69 Å². The number of hydrogen-bond acceptors (Lipinski definition) is 2. The molecule has 2 aliphatic heterocycles. The number of unbranched alkanes of at least 4 members (excludes halogenated alkanes) is 1. The van der Waals surface area contributed by atoms with Crippen LogP contribution >= 0.6 is 11.6 Å². The highest BCUT2D eigenvalue weighted by atomic mass is 35.5. The molecule has 0 atom stereocenters. The van der Waals surface area contributed by atoms with Crippen molar-refractivity contribution >= 4 is 23.2 Å². The average Bonchev–Trinajstić information content (AvgIpc) is 3.12. The van der Waals surface area contributed by atoms with E-state index in [4.69, 9.17) is 11.6 Å². The number of nitrogens with one attached hydrogen (secondary N) is 1. The third-order valence-corrected chi connectivity index (χ3v) is 5.78. The molecule has 1 N–H and O–H groups in total. The van der Waals surface area contributed by atoms with Crippen LogP contribution in [0.5, 0.6) is 0 Å². The number of rotatable bonds is 3. The number of likely N-dealkylation sites (tertiary alicyclic amines) is 1. The van der Waals surface area contributed by atoms with Crippen LogP contribution in [-0.4, -0.2) is 28.5 Å². The predicted octanol–water partition coefficient (Wildman–Crippen LogP) is 4.56.